The molecule has 1 fully saturated rings. The minimum Gasteiger partial charge on any atom is -0.377 e. The highest BCUT2D eigenvalue weighted by Crippen LogP contribution is 2.33. The Kier molecular flexibility index (Phi) is 4.72. The lowest BCUT2D eigenvalue weighted by Crippen LogP contribution is -2.44. The highest BCUT2D eigenvalue weighted by atomic mass is 127. The van der Waals surface area contributed by atoms with Crippen LogP contribution in [-0.2, 0) is 10.2 Å². The average molecular weight is 537 g/mol. The molecule has 1 aliphatic rings. The molecule has 0 amide bonds. The van der Waals surface area contributed by atoms with E-state index in [9.17, 15) is 5.26 Å². The van der Waals surface area contributed by atoms with Gasteiger partial charge in [-0.2, -0.15) is 5.26 Å². The standard InChI is InChI=1S/C15H17I2N5O/c1-9-7-23-5-4-21(9)11-6-10(15(2,3)8-18)12-13(16)19-14(17)22(12)20-11/h6,9H,4-5,7H2,1-3H3/t9-/m1/s1. The van der Waals surface area contributed by atoms with Crippen molar-refractivity contribution in [3.8, 4) is 6.07 Å². The van der Waals surface area contributed by atoms with Crippen LogP contribution in [0.4, 0.5) is 5.82 Å². The van der Waals surface area contributed by atoms with Gasteiger partial charge in [-0.15, -0.1) is 5.10 Å². The van der Waals surface area contributed by atoms with Crippen LogP contribution in [0.1, 0.15) is 26.3 Å². The summed E-state index contributed by atoms with van der Waals surface area (Å²) in [5.41, 5.74) is 1.27. The van der Waals surface area contributed by atoms with Gasteiger partial charge in [0.1, 0.15) is 15.0 Å². The number of halogens is 2. The summed E-state index contributed by atoms with van der Waals surface area (Å²) < 4.78 is 9.06. The van der Waals surface area contributed by atoms with Gasteiger partial charge in [-0.05, 0) is 49.4 Å². The van der Waals surface area contributed by atoms with Gasteiger partial charge in [0.15, 0.2) is 3.83 Å². The van der Waals surface area contributed by atoms with E-state index in [-0.39, 0.29) is 6.04 Å². The second-order valence-corrected chi connectivity index (χ2v) is 8.19. The van der Waals surface area contributed by atoms with Gasteiger partial charge in [0, 0.05) is 34.7 Å². The van der Waals surface area contributed by atoms with Crippen LogP contribution in [-0.4, -0.2) is 40.4 Å². The molecule has 6 nitrogen and oxygen atoms in total. The van der Waals surface area contributed by atoms with Crippen LogP contribution >= 0.6 is 45.2 Å². The molecular weight excluding hydrogens is 520 g/mol. The average Bonchev–Trinajstić information content (AvgIpc) is 2.81. The highest BCUT2D eigenvalue weighted by molar-refractivity contribution is 14.1. The number of fused-ring (bicyclic) bond motifs is 1. The third-order valence-electron chi connectivity index (χ3n) is 4.12. The lowest BCUT2D eigenvalue weighted by molar-refractivity contribution is 0.0984. The van der Waals surface area contributed by atoms with Gasteiger partial charge in [0.05, 0.1) is 30.7 Å². The van der Waals surface area contributed by atoms with E-state index < -0.39 is 5.41 Å². The van der Waals surface area contributed by atoms with Crippen molar-refractivity contribution >= 4 is 56.5 Å². The quantitative estimate of drug-likeness (QED) is 0.552. The second kappa shape index (κ2) is 6.33. The summed E-state index contributed by atoms with van der Waals surface area (Å²) in [6.07, 6.45) is 0. The van der Waals surface area contributed by atoms with E-state index in [1.54, 1.807) is 0 Å². The second-order valence-electron chi connectivity index (χ2n) is 6.20. The lowest BCUT2D eigenvalue weighted by atomic mass is 9.86. The molecule has 2 aromatic heterocycles. The van der Waals surface area contributed by atoms with Crippen LogP contribution in [0.25, 0.3) is 5.52 Å². The van der Waals surface area contributed by atoms with Gasteiger partial charge in [-0.25, -0.2) is 9.50 Å². The van der Waals surface area contributed by atoms with Crippen molar-refractivity contribution in [2.75, 3.05) is 24.7 Å². The fourth-order valence-corrected chi connectivity index (χ4v) is 4.55. The normalized spacial score (nSPS) is 19.1. The molecular formula is C15H17I2N5O. The first-order chi connectivity index (χ1) is 10.8. The number of hydrogen-bond donors (Lipinski definition) is 0. The fourth-order valence-electron chi connectivity index (χ4n) is 2.75. The summed E-state index contributed by atoms with van der Waals surface area (Å²) >= 11 is 4.40. The Morgan fingerprint density at radius 2 is 2.17 bits per heavy atom. The van der Waals surface area contributed by atoms with E-state index in [1.165, 1.54) is 0 Å². The van der Waals surface area contributed by atoms with Crippen molar-refractivity contribution in [1.82, 2.24) is 14.6 Å². The molecule has 122 valence electrons. The van der Waals surface area contributed by atoms with E-state index in [1.807, 2.05) is 24.4 Å². The van der Waals surface area contributed by atoms with Crippen molar-refractivity contribution in [1.29, 1.82) is 5.26 Å². The molecule has 0 N–H and O–H groups in total. The van der Waals surface area contributed by atoms with Crippen molar-refractivity contribution < 1.29 is 4.74 Å². The van der Waals surface area contributed by atoms with Crippen LogP contribution in [0.15, 0.2) is 6.07 Å². The monoisotopic (exact) mass is 537 g/mol. The Morgan fingerprint density at radius 3 is 2.83 bits per heavy atom. The van der Waals surface area contributed by atoms with Gasteiger partial charge in [-0.3, -0.25) is 0 Å². The summed E-state index contributed by atoms with van der Waals surface area (Å²) in [6.45, 7) is 8.18. The van der Waals surface area contributed by atoms with E-state index in [0.717, 1.165) is 31.0 Å². The maximum atomic E-state index is 9.62. The van der Waals surface area contributed by atoms with Gasteiger partial charge in [-0.1, -0.05) is 0 Å². The molecule has 3 heterocycles. The summed E-state index contributed by atoms with van der Waals surface area (Å²) in [4.78, 5) is 6.76. The number of hydrogen-bond acceptors (Lipinski definition) is 5. The van der Waals surface area contributed by atoms with Gasteiger partial charge < -0.3 is 9.64 Å². The van der Waals surface area contributed by atoms with Crippen molar-refractivity contribution in [2.24, 2.45) is 0 Å². The van der Waals surface area contributed by atoms with Gasteiger partial charge in [0.25, 0.3) is 0 Å². The van der Waals surface area contributed by atoms with Crippen LogP contribution in [0, 0.1) is 18.9 Å². The summed E-state index contributed by atoms with van der Waals surface area (Å²) in [7, 11) is 0. The van der Waals surface area contributed by atoms with Crippen molar-refractivity contribution in [3.63, 3.8) is 0 Å². The molecule has 3 rings (SSSR count). The molecule has 0 unspecified atom stereocenters. The Hall–Kier alpha value is -0.670. The first-order valence-corrected chi connectivity index (χ1v) is 9.52. The molecule has 2 aromatic rings. The molecule has 0 aliphatic carbocycles. The zero-order chi connectivity index (χ0) is 16.8. The zero-order valence-corrected chi connectivity index (χ0v) is 17.5. The molecule has 0 saturated carbocycles. The highest BCUT2D eigenvalue weighted by Gasteiger charge is 2.29. The third kappa shape index (κ3) is 3.02. The number of morpholine rings is 1. The molecule has 0 spiro atoms. The number of aromatic nitrogens is 3. The van der Waals surface area contributed by atoms with Crippen LogP contribution in [0.3, 0.4) is 0 Å². The van der Waals surface area contributed by atoms with Crippen molar-refractivity contribution in [3.05, 3.63) is 19.2 Å². The van der Waals surface area contributed by atoms with Gasteiger partial charge in [0.2, 0.25) is 0 Å². The van der Waals surface area contributed by atoms with E-state index in [4.69, 9.17) is 9.84 Å². The number of anilines is 1. The molecule has 8 heteroatoms. The zero-order valence-electron chi connectivity index (χ0n) is 13.2. The first-order valence-electron chi connectivity index (χ1n) is 7.36. The predicted molar refractivity (Wildman–Crippen MR) is 105 cm³/mol. The topological polar surface area (TPSA) is 66.5 Å². The lowest BCUT2D eigenvalue weighted by Gasteiger charge is -2.34. The Balaban J connectivity index is 2.25. The third-order valence-corrected chi connectivity index (χ3v) is 5.57. The Labute approximate surface area is 162 Å². The molecule has 1 aliphatic heterocycles. The fraction of sp³-hybridized carbons (Fsp3) is 0.533. The van der Waals surface area contributed by atoms with Crippen LogP contribution in [0.2, 0.25) is 0 Å². The summed E-state index contributed by atoms with van der Waals surface area (Å²) in [5.74, 6) is 0.873. The summed E-state index contributed by atoms with van der Waals surface area (Å²) in [6, 6.07) is 4.71. The SMILES string of the molecule is C[C@@H]1COCCN1c1cc(C(C)(C)C#N)c2c(I)nc(I)n2n1. The number of rotatable bonds is 2. The van der Waals surface area contributed by atoms with Crippen molar-refractivity contribution in [2.45, 2.75) is 32.2 Å². The number of nitrogens with zero attached hydrogens (tertiary/aromatic N) is 5. The molecule has 1 saturated heterocycles. The minimum atomic E-state index is -0.614. The Morgan fingerprint density at radius 1 is 1.43 bits per heavy atom. The van der Waals surface area contributed by atoms with E-state index >= 15 is 0 Å². The van der Waals surface area contributed by atoms with E-state index in [0.29, 0.717) is 13.2 Å². The number of nitriles is 1. The molecule has 0 bridgehead atoms. The maximum absolute atomic E-state index is 9.62. The Bertz CT molecular complexity index is 795. The molecule has 0 aromatic carbocycles. The van der Waals surface area contributed by atoms with Gasteiger partial charge >= 0.3 is 0 Å². The molecule has 0 radical (unpaired) electrons. The molecule has 1 atom stereocenters. The largest absolute Gasteiger partial charge is 0.377 e. The molecule has 23 heavy (non-hydrogen) atoms. The maximum Gasteiger partial charge on any atom is 0.193 e. The smallest absolute Gasteiger partial charge is 0.193 e. The number of imidazole rings is 1. The van der Waals surface area contributed by atoms with E-state index in [2.05, 4.69) is 68.1 Å². The minimum absolute atomic E-state index is 0.256. The van der Waals surface area contributed by atoms with Crippen LogP contribution < -0.4 is 4.90 Å². The summed E-state index contributed by atoms with van der Waals surface area (Å²) in [5, 5.41) is 14.4. The first kappa shape index (κ1) is 17.2. The van der Waals surface area contributed by atoms with Crippen LogP contribution in [0.5, 0.6) is 0 Å². The number of ether oxygens (including phenoxy) is 1. The predicted octanol–water partition coefficient (Wildman–Crippen LogP) is 2.96.